The van der Waals surface area contributed by atoms with E-state index < -0.39 is 6.17 Å². The minimum absolute atomic E-state index is 0.329. The van der Waals surface area contributed by atoms with Gasteiger partial charge in [-0.2, -0.15) is 0 Å². The molecule has 0 spiro atoms. The second-order valence-electron chi connectivity index (χ2n) is 4.25. The molecule has 0 fully saturated rings. The summed E-state index contributed by atoms with van der Waals surface area (Å²) in [4.78, 5) is 4.16. The maximum absolute atomic E-state index is 13.4. The lowest BCUT2D eigenvalue weighted by atomic mass is 10.0. The number of rotatable bonds is 4. The molecular weight excluding hydrogens is 189 g/mol. The lowest BCUT2D eigenvalue weighted by Gasteiger charge is -2.09. The van der Waals surface area contributed by atoms with Crippen molar-refractivity contribution in [3.8, 4) is 0 Å². The minimum atomic E-state index is -0.986. The predicted octanol–water partition coefficient (Wildman–Crippen LogP) is 3.66. The maximum Gasteiger partial charge on any atom is 0.126 e. The van der Waals surface area contributed by atoms with Crippen LogP contribution in [0.25, 0.3) is 0 Å². The van der Waals surface area contributed by atoms with Gasteiger partial charge in [0.2, 0.25) is 0 Å². The van der Waals surface area contributed by atoms with Crippen molar-refractivity contribution in [2.45, 2.75) is 39.3 Å². The molecule has 1 unspecified atom stereocenters. The molecule has 15 heavy (non-hydrogen) atoms. The van der Waals surface area contributed by atoms with Gasteiger partial charge in [-0.05, 0) is 36.1 Å². The average molecular weight is 207 g/mol. The van der Waals surface area contributed by atoms with E-state index >= 15 is 0 Å². The summed E-state index contributed by atoms with van der Waals surface area (Å²) in [6.45, 7) is 9.54. The maximum atomic E-state index is 13.4. The zero-order valence-corrected chi connectivity index (χ0v) is 9.63. The number of halogens is 1. The van der Waals surface area contributed by atoms with Gasteiger partial charge in [-0.1, -0.05) is 20.4 Å². The van der Waals surface area contributed by atoms with Gasteiger partial charge in [0.25, 0.3) is 0 Å². The van der Waals surface area contributed by atoms with Crippen molar-refractivity contribution >= 4 is 0 Å². The van der Waals surface area contributed by atoms with Gasteiger partial charge < -0.3 is 0 Å². The molecule has 0 aromatic carbocycles. The highest BCUT2D eigenvalue weighted by Crippen LogP contribution is 2.16. The Hall–Kier alpha value is -1.18. The zero-order chi connectivity index (χ0) is 11.4. The van der Waals surface area contributed by atoms with Crippen molar-refractivity contribution in [1.29, 1.82) is 0 Å². The minimum Gasteiger partial charge on any atom is -0.261 e. The predicted molar refractivity (Wildman–Crippen MR) is 61.7 cm³/mol. The first-order chi connectivity index (χ1) is 7.00. The van der Waals surface area contributed by atoms with Crippen LogP contribution < -0.4 is 0 Å². The molecule has 0 bridgehead atoms. The molecule has 0 amide bonds. The quantitative estimate of drug-likeness (QED) is 0.686. The van der Waals surface area contributed by atoms with Crippen LogP contribution in [0.2, 0.25) is 0 Å². The Morgan fingerprint density at radius 1 is 1.53 bits per heavy atom. The molecule has 1 rings (SSSR count). The monoisotopic (exact) mass is 207 g/mol. The lowest BCUT2D eigenvalue weighted by molar-refractivity contribution is 0.378. The van der Waals surface area contributed by atoms with E-state index in [-0.39, 0.29) is 0 Å². The number of allylic oxidation sites excluding steroid dienone is 1. The third kappa shape index (κ3) is 3.46. The number of hydrogen-bond donors (Lipinski definition) is 0. The number of pyridine rings is 1. The summed E-state index contributed by atoms with van der Waals surface area (Å²) in [5.74, 6) is 0.453. The summed E-state index contributed by atoms with van der Waals surface area (Å²) in [6.07, 6.45) is 1.09. The van der Waals surface area contributed by atoms with Crippen LogP contribution in [0.3, 0.4) is 0 Å². The van der Waals surface area contributed by atoms with Gasteiger partial charge in [0.05, 0.1) is 0 Å². The van der Waals surface area contributed by atoms with Crippen molar-refractivity contribution < 1.29 is 4.39 Å². The molecule has 0 saturated heterocycles. The van der Waals surface area contributed by atoms with Crippen LogP contribution in [0.4, 0.5) is 4.39 Å². The van der Waals surface area contributed by atoms with Crippen molar-refractivity contribution in [1.82, 2.24) is 4.98 Å². The van der Waals surface area contributed by atoms with Crippen molar-refractivity contribution in [3.63, 3.8) is 0 Å². The van der Waals surface area contributed by atoms with E-state index in [1.54, 1.807) is 13.1 Å². The van der Waals surface area contributed by atoms with E-state index in [9.17, 15) is 4.39 Å². The van der Waals surface area contributed by atoms with Crippen molar-refractivity contribution in [2.75, 3.05) is 0 Å². The molecule has 0 saturated carbocycles. The highest BCUT2D eigenvalue weighted by atomic mass is 19.1. The van der Waals surface area contributed by atoms with E-state index in [2.05, 4.69) is 25.4 Å². The smallest absolute Gasteiger partial charge is 0.126 e. The van der Waals surface area contributed by atoms with Crippen molar-refractivity contribution in [3.05, 3.63) is 41.7 Å². The lowest BCUT2D eigenvalue weighted by Crippen LogP contribution is -2.07. The van der Waals surface area contributed by atoms with E-state index in [0.717, 1.165) is 5.69 Å². The van der Waals surface area contributed by atoms with Crippen LogP contribution in [0, 0.1) is 0 Å². The van der Waals surface area contributed by atoms with Gasteiger partial charge in [-0.3, -0.25) is 4.98 Å². The van der Waals surface area contributed by atoms with Gasteiger partial charge >= 0.3 is 0 Å². The molecule has 0 aliphatic rings. The van der Waals surface area contributed by atoms with Crippen LogP contribution in [0.1, 0.15) is 37.9 Å². The van der Waals surface area contributed by atoms with Crippen LogP contribution in [-0.2, 0) is 6.42 Å². The van der Waals surface area contributed by atoms with Gasteiger partial charge in [0.1, 0.15) is 6.17 Å². The molecule has 0 aliphatic heterocycles. The van der Waals surface area contributed by atoms with Crippen LogP contribution in [0.15, 0.2) is 30.5 Å². The summed E-state index contributed by atoms with van der Waals surface area (Å²) >= 11 is 0. The average Bonchev–Trinajstić information content (AvgIpc) is 2.18. The fourth-order valence-corrected chi connectivity index (χ4v) is 1.33. The third-order valence-electron chi connectivity index (χ3n) is 2.43. The Balaban J connectivity index is 2.78. The summed E-state index contributed by atoms with van der Waals surface area (Å²) in [5.41, 5.74) is 2.57. The van der Waals surface area contributed by atoms with Gasteiger partial charge in [0, 0.05) is 18.3 Å². The largest absolute Gasteiger partial charge is 0.261 e. The fraction of sp³-hybridized carbons (Fsp3) is 0.462. The molecule has 1 nitrogen and oxygen atoms in total. The highest BCUT2D eigenvalue weighted by molar-refractivity contribution is 5.21. The van der Waals surface area contributed by atoms with Crippen LogP contribution in [0.5, 0.6) is 0 Å². The number of hydrogen-bond acceptors (Lipinski definition) is 1. The molecule has 1 aromatic heterocycles. The molecule has 2 heteroatoms. The van der Waals surface area contributed by atoms with E-state index in [4.69, 9.17) is 0 Å². The summed E-state index contributed by atoms with van der Waals surface area (Å²) in [5, 5.41) is 0. The zero-order valence-electron chi connectivity index (χ0n) is 9.63. The van der Waals surface area contributed by atoms with Gasteiger partial charge in [-0.15, -0.1) is 0 Å². The second-order valence-corrected chi connectivity index (χ2v) is 4.25. The molecule has 82 valence electrons. The van der Waals surface area contributed by atoms with Crippen LogP contribution in [-0.4, -0.2) is 11.2 Å². The second kappa shape index (κ2) is 5.06. The summed E-state index contributed by atoms with van der Waals surface area (Å²) < 4.78 is 13.4. The molecule has 1 aromatic rings. The molecule has 1 atom stereocenters. The first kappa shape index (κ1) is 11.9. The molecule has 0 N–H and O–H groups in total. The molecular formula is C13H18FN. The first-order valence-electron chi connectivity index (χ1n) is 5.25. The van der Waals surface area contributed by atoms with E-state index in [0.29, 0.717) is 17.9 Å². The van der Waals surface area contributed by atoms with Crippen LogP contribution >= 0.6 is 0 Å². The van der Waals surface area contributed by atoms with E-state index in [1.807, 2.05) is 12.1 Å². The Morgan fingerprint density at radius 2 is 2.20 bits per heavy atom. The Bertz CT molecular complexity index is 344. The summed E-state index contributed by atoms with van der Waals surface area (Å²) in [6, 6.07) is 3.95. The SMILES string of the molecule is C=C(C)C(F)Cc1cc(C(C)C)ccn1. The Morgan fingerprint density at radius 3 is 2.73 bits per heavy atom. The van der Waals surface area contributed by atoms with Gasteiger partial charge in [0.15, 0.2) is 0 Å². The fourth-order valence-electron chi connectivity index (χ4n) is 1.33. The standard InChI is InChI=1S/C13H18FN/c1-9(2)11-5-6-15-12(7-11)8-13(14)10(3)4/h5-7,9,13H,3,8H2,1-2,4H3. The first-order valence-corrected chi connectivity index (χ1v) is 5.25. The highest BCUT2D eigenvalue weighted by Gasteiger charge is 2.10. The topological polar surface area (TPSA) is 12.9 Å². The van der Waals surface area contributed by atoms with E-state index in [1.165, 1.54) is 5.56 Å². The number of nitrogens with zero attached hydrogens (tertiary/aromatic N) is 1. The Kier molecular flexibility index (Phi) is 4.01. The normalized spacial score (nSPS) is 12.9. The van der Waals surface area contributed by atoms with Gasteiger partial charge in [-0.25, -0.2) is 4.39 Å². The molecule has 0 aliphatic carbocycles. The summed E-state index contributed by atoms with van der Waals surface area (Å²) in [7, 11) is 0. The third-order valence-corrected chi connectivity index (χ3v) is 2.43. The van der Waals surface area contributed by atoms with Crippen molar-refractivity contribution in [2.24, 2.45) is 0 Å². The number of alkyl halides is 1. The Labute approximate surface area is 91.0 Å². The number of aromatic nitrogens is 1. The molecule has 1 heterocycles. The molecule has 0 radical (unpaired) electrons.